The Morgan fingerprint density at radius 2 is 1.78 bits per heavy atom. The number of nitro groups is 1. The molecule has 0 radical (unpaired) electrons. The van der Waals surface area contributed by atoms with Crippen LogP contribution in [-0.4, -0.2) is 47.1 Å². The highest BCUT2D eigenvalue weighted by atomic mass is 32.2. The van der Waals surface area contributed by atoms with Gasteiger partial charge in [0.15, 0.2) is 0 Å². The van der Waals surface area contributed by atoms with E-state index in [0.717, 1.165) is 27.6 Å². The van der Waals surface area contributed by atoms with Crippen molar-refractivity contribution in [3.63, 3.8) is 0 Å². The number of piperazine rings is 1. The zero-order chi connectivity index (χ0) is 22.7. The van der Waals surface area contributed by atoms with E-state index in [0.29, 0.717) is 37.5 Å². The van der Waals surface area contributed by atoms with Gasteiger partial charge in [-0.2, -0.15) is 0 Å². The van der Waals surface area contributed by atoms with Crippen LogP contribution in [0.5, 0.6) is 0 Å². The minimum atomic E-state index is -0.401. The van der Waals surface area contributed by atoms with Crippen molar-refractivity contribution in [2.45, 2.75) is 24.5 Å². The molecule has 2 heterocycles. The van der Waals surface area contributed by atoms with Crippen LogP contribution >= 0.6 is 11.8 Å². The van der Waals surface area contributed by atoms with Crippen LogP contribution in [0.15, 0.2) is 57.9 Å². The second-order valence-corrected chi connectivity index (χ2v) is 8.66. The standard InChI is InChI=1S/C23H24N4O4S/c1-16-21(17(2)31-24-16)15-32-22-6-4-3-5-20(22)23(28)26-13-11-25(12-14-26)18-7-9-19(10-8-18)27(29)30/h3-10H,11-15H2,1-2H3. The number of nitro benzene ring substituents is 1. The molecular formula is C23H24N4O4S. The van der Waals surface area contributed by atoms with Crippen molar-refractivity contribution in [2.75, 3.05) is 31.1 Å². The first-order chi connectivity index (χ1) is 15.4. The summed E-state index contributed by atoms with van der Waals surface area (Å²) in [6.07, 6.45) is 0. The molecule has 3 aromatic rings. The Kier molecular flexibility index (Phi) is 6.45. The maximum absolute atomic E-state index is 13.3. The third-order valence-corrected chi connectivity index (χ3v) is 6.76. The van der Waals surface area contributed by atoms with Gasteiger partial charge in [-0.1, -0.05) is 17.3 Å². The highest BCUT2D eigenvalue weighted by Gasteiger charge is 2.24. The molecule has 2 aromatic carbocycles. The Labute approximate surface area is 190 Å². The average Bonchev–Trinajstić information content (AvgIpc) is 3.14. The predicted octanol–water partition coefficient (Wildman–Crippen LogP) is 4.45. The highest BCUT2D eigenvalue weighted by Crippen LogP contribution is 2.30. The van der Waals surface area contributed by atoms with E-state index in [1.165, 1.54) is 12.1 Å². The van der Waals surface area contributed by atoms with Crippen molar-refractivity contribution < 1.29 is 14.2 Å². The van der Waals surface area contributed by atoms with Gasteiger partial charge >= 0.3 is 0 Å². The van der Waals surface area contributed by atoms with Crippen LogP contribution < -0.4 is 4.90 Å². The van der Waals surface area contributed by atoms with E-state index in [-0.39, 0.29) is 11.6 Å². The number of hydrogen-bond acceptors (Lipinski definition) is 7. The van der Waals surface area contributed by atoms with Crippen LogP contribution in [0.4, 0.5) is 11.4 Å². The van der Waals surface area contributed by atoms with Crippen molar-refractivity contribution in [1.82, 2.24) is 10.1 Å². The first kappa shape index (κ1) is 21.9. The van der Waals surface area contributed by atoms with E-state index in [9.17, 15) is 14.9 Å². The maximum Gasteiger partial charge on any atom is 0.269 e. The van der Waals surface area contributed by atoms with Gasteiger partial charge in [0, 0.05) is 60.2 Å². The topological polar surface area (TPSA) is 92.7 Å². The van der Waals surface area contributed by atoms with Crippen LogP contribution in [0.2, 0.25) is 0 Å². The molecule has 1 aliphatic rings. The van der Waals surface area contributed by atoms with E-state index >= 15 is 0 Å². The fourth-order valence-electron chi connectivity index (χ4n) is 3.75. The number of rotatable bonds is 6. The smallest absolute Gasteiger partial charge is 0.269 e. The SMILES string of the molecule is Cc1noc(C)c1CSc1ccccc1C(=O)N1CCN(c2ccc([N+](=O)[O-])cc2)CC1. The molecule has 0 atom stereocenters. The van der Waals surface area contributed by atoms with Crippen LogP contribution in [-0.2, 0) is 5.75 Å². The number of carbonyl (C=O) groups is 1. The van der Waals surface area contributed by atoms with Crippen molar-refractivity contribution in [3.05, 3.63) is 81.2 Å². The molecule has 9 heteroatoms. The second kappa shape index (κ2) is 9.44. The number of non-ortho nitro benzene ring substituents is 1. The molecule has 32 heavy (non-hydrogen) atoms. The van der Waals surface area contributed by atoms with Crippen LogP contribution in [0, 0.1) is 24.0 Å². The van der Waals surface area contributed by atoms with Crippen LogP contribution in [0.25, 0.3) is 0 Å². The Hall–Kier alpha value is -3.33. The Bertz CT molecular complexity index is 1100. The zero-order valence-corrected chi connectivity index (χ0v) is 18.8. The Morgan fingerprint density at radius 3 is 2.41 bits per heavy atom. The number of anilines is 1. The number of nitrogens with zero attached hydrogens (tertiary/aromatic N) is 4. The summed E-state index contributed by atoms with van der Waals surface area (Å²) in [5.74, 6) is 1.52. The molecular weight excluding hydrogens is 428 g/mol. The van der Waals surface area contributed by atoms with Crippen molar-refractivity contribution in [3.8, 4) is 0 Å². The maximum atomic E-state index is 13.3. The lowest BCUT2D eigenvalue weighted by Gasteiger charge is -2.36. The molecule has 0 N–H and O–H groups in total. The van der Waals surface area contributed by atoms with Crippen LogP contribution in [0.1, 0.15) is 27.4 Å². The molecule has 1 saturated heterocycles. The first-order valence-corrected chi connectivity index (χ1v) is 11.3. The molecule has 0 unspecified atom stereocenters. The van der Waals surface area contributed by atoms with Gasteiger partial charge in [-0.3, -0.25) is 14.9 Å². The van der Waals surface area contributed by atoms with Crippen molar-refractivity contribution >= 4 is 29.0 Å². The average molecular weight is 453 g/mol. The lowest BCUT2D eigenvalue weighted by Crippen LogP contribution is -2.48. The monoisotopic (exact) mass is 452 g/mol. The van der Waals surface area contributed by atoms with Gasteiger partial charge in [0.2, 0.25) is 0 Å². The van der Waals surface area contributed by atoms with E-state index in [2.05, 4.69) is 10.1 Å². The van der Waals surface area contributed by atoms with Gasteiger partial charge in [0.1, 0.15) is 5.76 Å². The molecule has 0 aliphatic carbocycles. The Balaban J connectivity index is 1.40. The molecule has 1 fully saturated rings. The van der Waals surface area contributed by atoms with Gasteiger partial charge in [0.25, 0.3) is 11.6 Å². The third kappa shape index (κ3) is 4.62. The zero-order valence-electron chi connectivity index (χ0n) is 18.0. The number of thioether (sulfide) groups is 1. The summed E-state index contributed by atoms with van der Waals surface area (Å²) in [6.45, 7) is 6.37. The quantitative estimate of drug-likeness (QED) is 0.310. The van der Waals surface area contributed by atoms with Crippen molar-refractivity contribution in [2.24, 2.45) is 0 Å². The third-order valence-electron chi connectivity index (χ3n) is 5.66. The Morgan fingerprint density at radius 1 is 1.09 bits per heavy atom. The first-order valence-electron chi connectivity index (χ1n) is 10.4. The molecule has 8 nitrogen and oxygen atoms in total. The summed E-state index contributed by atoms with van der Waals surface area (Å²) in [7, 11) is 0. The van der Waals surface area contributed by atoms with E-state index in [1.54, 1.807) is 23.9 Å². The summed E-state index contributed by atoms with van der Waals surface area (Å²) in [4.78, 5) is 28.7. The largest absolute Gasteiger partial charge is 0.368 e. The second-order valence-electron chi connectivity index (χ2n) is 7.64. The number of amides is 1. The molecule has 4 rings (SSSR count). The number of hydrogen-bond donors (Lipinski definition) is 0. The lowest BCUT2D eigenvalue weighted by molar-refractivity contribution is -0.384. The summed E-state index contributed by atoms with van der Waals surface area (Å²) in [5, 5.41) is 14.9. The van der Waals surface area contributed by atoms with Gasteiger partial charge in [-0.25, -0.2) is 0 Å². The fourth-order valence-corrected chi connectivity index (χ4v) is 4.95. The summed E-state index contributed by atoms with van der Waals surface area (Å²) in [5.41, 5.74) is 3.65. The molecule has 0 bridgehead atoms. The summed E-state index contributed by atoms with van der Waals surface area (Å²) >= 11 is 1.61. The molecule has 0 spiro atoms. The van der Waals surface area contributed by atoms with Gasteiger partial charge < -0.3 is 14.3 Å². The summed E-state index contributed by atoms with van der Waals surface area (Å²) < 4.78 is 5.24. The number of carbonyl (C=O) groups excluding carboxylic acids is 1. The fraction of sp³-hybridized carbons (Fsp3) is 0.304. The molecule has 1 aromatic heterocycles. The molecule has 1 amide bonds. The van der Waals surface area contributed by atoms with Gasteiger partial charge in [0.05, 0.1) is 16.2 Å². The number of aromatic nitrogens is 1. The molecule has 166 valence electrons. The van der Waals surface area contributed by atoms with Crippen LogP contribution in [0.3, 0.4) is 0 Å². The van der Waals surface area contributed by atoms with E-state index in [1.807, 2.05) is 43.0 Å². The number of aryl methyl sites for hydroxylation is 2. The van der Waals surface area contributed by atoms with Gasteiger partial charge in [-0.15, -0.1) is 11.8 Å². The van der Waals surface area contributed by atoms with Gasteiger partial charge in [-0.05, 0) is 38.1 Å². The molecule has 0 saturated carbocycles. The summed E-state index contributed by atoms with van der Waals surface area (Å²) in [6, 6.07) is 14.2. The number of benzene rings is 2. The molecule has 1 aliphatic heterocycles. The minimum absolute atomic E-state index is 0.0233. The minimum Gasteiger partial charge on any atom is -0.368 e. The normalized spacial score (nSPS) is 13.9. The van der Waals surface area contributed by atoms with E-state index < -0.39 is 4.92 Å². The van der Waals surface area contributed by atoms with Crippen molar-refractivity contribution in [1.29, 1.82) is 0 Å². The lowest BCUT2D eigenvalue weighted by atomic mass is 10.1. The van der Waals surface area contributed by atoms with E-state index in [4.69, 9.17) is 4.52 Å². The predicted molar refractivity (Wildman–Crippen MR) is 123 cm³/mol. The highest BCUT2D eigenvalue weighted by molar-refractivity contribution is 7.98.